The Morgan fingerprint density at radius 2 is 2.16 bits per heavy atom. The Labute approximate surface area is 178 Å². The molecule has 2 aromatic heterocycles. The first-order valence-electron chi connectivity index (χ1n) is 9.77. The Bertz CT molecular complexity index is 1180. The Morgan fingerprint density at radius 1 is 1.35 bits per heavy atom. The number of halogens is 1. The number of rotatable bonds is 4. The van der Waals surface area contributed by atoms with Crippen molar-refractivity contribution in [2.45, 2.75) is 19.4 Å². The molecule has 0 aliphatic carbocycles. The number of carbonyl (C=O) groups is 1. The second-order valence-corrected chi connectivity index (χ2v) is 7.37. The van der Waals surface area contributed by atoms with E-state index in [1.54, 1.807) is 40.8 Å². The summed E-state index contributed by atoms with van der Waals surface area (Å²) in [4.78, 5) is 23.7. The fourth-order valence-electron chi connectivity index (χ4n) is 3.71. The molecule has 158 valence electrons. The molecular weight excluding hydrogens is 399 g/mol. The van der Waals surface area contributed by atoms with Gasteiger partial charge in [0.05, 0.1) is 30.3 Å². The van der Waals surface area contributed by atoms with E-state index in [0.717, 1.165) is 6.42 Å². The van der Waals surface area contributed by atoms with Crippen LogP contribution in [0.5, 0.6) is 5.88 Å². The molecule has 31 heavy (non-hydrogen) atoms. The number of likely N-dealkylation sites (tertiary alicyclic amines) is 1. The summed E-state index contributed by atoms with van der Waals surface area (Å²) in [5.74, 6) is -0.0611. The Morgan fingerprint density at radius 3 is 2.74 bits per heavy atom. The zero-order chi connectivity index (χ0) is 22.1. The summed E-state index contributed by atoms with van der Waals surface area (Å²) in [6.07, 6.45) is 2.33. The SMILES string of the molecule is COc1ccc(-n2c(-c3ccc(C#N)c(F)c3)nc(C(=O)N3CC[C@@H](N)C3)c2C)cn1. The van der Waals surface area contributed by atoms with Crippen molar-refractivity contribution in [3.05, 3.63) is 59.3 Å². The summed E-state index contributed by atoms with van der Waals surface area (Å²) >= 11 is 0. The van der Waals surface area contributed by atoms with E-state index in [4.69, 9.17) is 15.7 Å². The molecule has 1 amide bonds. The van der Waals surface area contributed by atoms with Crippen molar-refractivity contribution in [2.75, 3.05) is 20.2 Å². The highest BCUT2D eigenvalue weighted by molar-refractivity contribution is 5.94. The van der Waals surface area contributed by atoms with Crippen molar-refractivity contribution in [2.24, 2.45) is 5.73 Å². The van der Waals surface area contributed by atoms with E-state index in [1.807, 2.05) is 6.07 Å². The van der Waals surface area contributed by atoms with Gasteiger partial charge in [0.2, 0.25) is 5.88 Å². The lowest BCUT2D eigenvalue weighted by molar-refractivity contribution is 0.0785. The summed E-state index contributed by atoms with van der Waals surface area (Å²) < 4.78 is 21.2. The Balaban J connectivity index is 1.86. The molecule has 0 spiro atoms. The van der Waals surface area contributed by atoms with E-state index in [1.165, 1.54) is 19.2 Å². The van der Waals surface area contributed by atoms with Crippen LogP contribution in [-0.4, -0.2) is 51.6 Å². The number of ether oxygens (including phenoxy) is 1. The van der Waals surface area contributed by atoms with Crippen molar-refractivity contribution < 1.29 is 13.9 Å². The number of nitriles is 1. The van der Waals surface area contributed by atoms with Crippen LogP contribution in [0.25, 0.3) is 17.1 Å². The lowest BCUT2D eigenvalue weighted by Crippen LogP contribution is -2.32. The summed E-state index contributed by atoms with van der Waals surface area (Å²) in [6.45, 7) is 2.82. The fraction of sp³-hybridized carbons (Fsp3) is 0.273. The van der Waals surface area contributed by atoms with Crippen LogP contribution < -0.4 is 10.5 Å². The normalized spacial score (nSPS) is 15.7. The molecule has 1 aromatic carbocycles. The number of imidazole rings is 1. The molecule has 9 heteroatoms. The number of nitrogens with zero attached hydrogens (tertiary/aromatic N) is 5. The van der Waals surface area contributed by atoms with Crippen LogP contribution in [0.3, 0.4) is 0 Å². The third-order valence-corrected chi connectivity index (χ3v) is 5.36. The summed E-state index contributed by atoms with van der Waals surface area (Å²) in [5.41, 5.74) is 7.84. The van der Waals surface area contributed by atoms with E-state index >= 15 is 0 Å². The van der Waals surface area contributed by atoms with Gasteiger partial charge in [-0.1, -0.05) is 0 Å². The van der Waals surface area contributed by atoms with Gasteiger partial charge in [0.25, 0.3) is 5.91 Å². The van der Waals surface area contributed by atoms with Gasteiger partial charge in [0, 0.05) is 30.8 Å². The van der Waals surface area contributed by atoms with Crippen LogP contribution in [0.1, 0.15) is 28.2 Å². The van der Waals surface area contributed by atoms with Gasteiger partial charge < -0.3 is 15.4 Å². The highest BCUT2D eigenvalue weighted by atomic mass is 19.1. The third kappa shape index (κ3) is 3.73. The number of amides is 1. The fourth-order valence-corrected chi connectivity index (χ4v) is 3.71. The minimum absolute atomic E-state index is 0.0516. The van der Waals surface area contributed by atoms with Gasteiger partial charge >= 0.3 is 0 Å². The zero-order valence-electron chi connectivity index (χ0n) is 17.2. The molecule has 1 aliphatic rings. The van der Waals surface area contributed by atoms with Crippen LogP contribution in [0.4, 0.5) is 4.39 Å². The molecule has 3 heterocycles. The number of aromatic nitrogens is 3. The summed E-state index contributed by atoms with van der Waals surface area (Å²) in [6, 6.07) is 9.48. The van der Waals surface area contributed by atoms with Gasteiger partial charge in [-0.05, 0) is 37.6 Å². The molecule has 0 saturated carbocycles. The monoisotopic (exact) mass is 420 g/mol. The molecule has 4 rings (SSSR count). The van der Waals surface area contributed by atoms with Crippen LogP contribution in [0.2, 0.25) is 0 Å². The first kappa shape index (κ1) is 20.5. The number of benzene rings is 1. The van der Waals surface area contributed by atoms with Crippen LogP contribution in [0.15, 0.2) is 36.5 Å². The zero-order valence-corrected chi connectivity index (χ0v) is 17.2. The van der Waals surface area contributed by atoms with Gasteiger partial charge in [-0.25, -0.2) is 14.4 Å². The van der Waals surface area contributed by atoms with Crippen LogP contribution >= 0.6 is 0 Å². The minimum atomic E-state index is -0.654. The van der Waals surface area contributed by atoms with Gasteiger partial charge in [-0.15, -0.1) is 0 Å². The van der Waals surface area contributed by atoms with Crippen LogP contribution in [-0.2, 0) is 0 Å². The van der Waals surface area contributed by atoms with E-state index in [9.17, 15) is 9.18 Å². The predicted octanol–water partition coefficient (Wildman–Crippen LogP) is 2.44. The summed E-state index contributed by atoms with van der Waals surface area (Å²) in [7, 11) is 1.52. The second kappa shape index (κ2) is 8.16. The van der Waals surface area contributed by atoms with Crippen molar-refractivity contribution in [3.63, 3.8) is 0 Å². The van der Waals surface area contributed by atoms with Crippen molar-refractivity contribution in [1.29, 1.82) is 5.26 Å². The molecule has 1 atom stereocenters. The van der Waals surface area contributed by atoms with Crippen molar-refractivity contribution in [1.82, 2.24) is 19.4 Å². The first-order chi connectivity index (χ1) is 14.9. The maximum atomic E-state index is 14.3. The highest BCUT2D eigenvalue weighted by Crippen LogP contribution is 2.29. The first-order valence-corrected chi connectivity index (χ1v) is 9.77. The number of hydrogen-bond acceptors (Lipinski definition) is 6. The third-order valence-electron chi connectivity index (χ3n) is 5.36. The second-order valence-electron chi connectivity index (χ2n) is 7.37. The predicted molar refractivity (Wildman–Crippen MR) is 111 cm³/mol. The Kier molecular flexibility index (Phi) is 5.40. The molecule has 1 saturated heterocycles. The maximum Gasteiger partial charge on any atom is 0.274 e. The average Bonchev–Trinajstić information content (AvgIpc) is 3.36. The lowest BCUT2D eigenvalue weighted by atomic mass is 10.1. The number of methoxy groups -OCH3 is 1. The number of nitrogens with two attached hydrogens (primary N) is 1. The van der Waals surface area contributed by atoms with Crippen LogP contribution in [0, 0.1) is 24.1 Å². The lowest BCUT2D eigenvalue weighted by Gasteiger charge is -2.15. The van der Waals surface area contributed by atoms with Gasteiger partial charge in [-0.2, -0.15) is 5.26 Å². The molecule has 0 radical (unpaired) electrons. The standard InChI is InChI=1S/C22H21FN6O2/c1-13-20(22(30)28-8-7-16(25)12-28)27-21(14-3-4-15(10-24)18(23)9-14)29(13)17-5-6-19(31-2)26-11-17/h3-6,9,11,16H,7-8,12,25H2,1-2H3/t16-/m1/s1. The van der Waals surface area contributed by atoms with Gasteiger partial charge in [-0.3, -0.25) is 9.36 Å². The molecule has 1 fully saturated rings. The smallest absolute Gasteiger partial charge is 0.274 e. The van der Waals surface area contributed by atoms with Gasteiger partial charge in [0.1, 0.15) is 23.4 Å². The summed E-state index contributed by atoms with van der Waals surface area (Å²) in [5, 5.41) is 9.03. The minimum Gasteiger partial charge on any atom is -0.481 e. The molecule has 8 nitrogen and oxygen atoms in total. The highest BCUT2D eigenvalue weighted by Gasteiger charge is 2.29. The number of pyridine rings is 1. The molecule has 3 aromatic rings. The quantitative estimate of drug-likeness (QED) is 0.694. The van der Waals surface area contributed by atoms with E-state index < -0.39 is 5.82 Å². The van der Waals surface area contributed by atoms with Gasteiger partial charge in [0.15, 0.2) is 0 Å². The maximum absolute atomic E-state index is 14.3. The Hall–Kier alpha value is -3.77. The molecule has 0 bridgehead atoms. The van der Waals surface area contributed by atoms with Crippen molar-refractivity contribution >= 4 is 5.91 Å². The number of hydrogen-bond donors (Lipinski definition) is 1. The van der Waals surface area contributed by atoms with E-state index in [0.29, 0.717) is 41.7 Å². The van der Waals surface area contributed by atoms with E-state index in [2.05, 4.69) is 9.97 Å². The van der Waals surface area contributed by atoms with Crippen molar-refractivity contribution in [3.8, 4) is 29.0 Å². The topological polar surface area (TPSA) is 110 Å². The molecule has 2 N–H and O–H groups in total. The average molecular weight is 420 g/mol. The van der Waals surface area contributed by atoms with E-state index in [-0.39, 0.29) is 23.2 Å². The molecular formula is C22H21FN6O2. The molecule has 1 aliphatic heterocycles. The molecule has 0 unspecified atom stereocenters. The number of carbonyl (C=O) groups excluding carboxylic acids is 1. The largest absolute Gasteiger partial charge is 0.481 e.